The van der Waals surface area contributed by atoms with Crippen molar-refractivity contribution in [3.63, 3.8) is 0 Å². The molecule has 0 aliphatic rings. The molecule has 1 unspecified atom stereocenters. The SMILES string of the molecule is CSC=NC(N)O. The summed E-state index contributed by atoms with van der Waals surface area (Å²) in [6, 6.07) is 0. The van der Waals surface area contributed by atoms with Crippen molar-refractivity contribution in [1.29, 1.82) is 0 Å². The van der Waals surface area contributed by atoms with Crippen LogP contribution < -0.4 is 5.73 Å². The molecule has 3 nitrogen and oxygen atoms in total. The molecule has 42 valence electrons. The first-order chi connectivity index (χ1) is 3.27. The van der Waals surface area contributed by atoms with Crippen LogP contribution in [-0.2, 0) is 0 Å². The smallest absolute Gasteiger partial charge is 0.199 e. The number of hydrogen-bond donors (Lipinski definition) is 2. The molecule has 0 heterocycles. The second kappa shape index (κ2) is 4.11. The normalized spacial score (nSPS) is 15.3. The number of nitrogens with two attached hydrogens (primary N) is 1. The fourth-order valence-corrected chi connectivity index (χ4v) is 0.370. The van der Waals surface area contributed by atoms with Gasteiger partial charge in [0.1, 0.15) is 0 Å². The summed E-state index contributed by atoms with van der Waals surface area (Å²) in [4.78, 5) is 3.41. The lowest BCUT2D eigenvalue weighted by atomic mass is 11.1. The predicted octanol–water partition coefficient (Wildman–Crippen LogP) is -0.388. The van der Waals surface area contributed by atoms with E-state index in [2.05, 4.69) is 4.99 Å². The Labute approximate surface area is 46.6 Å². The van der Waals surface area contributed by atoms with Crippen molar-refractivity contribution in [3.05, 3.63) is 0 Å². The van der Waals surface area contributed by atoms with Crippen LogP contribution in [0.1, 0.15) is 0 Å². The van der Waals surface area contributed by atoms with E-state index in [1.807, 2.05) is 6.26 Å². The molecule has 4 heteroatoms. The van der Waals surface area contributed by atoms with Crippen molar-refractivity contribution in [2.75, 3.05) is 6.26 Å². The number of thioether (sulfide) groups is 1. The molecule has 0 spiro atoms. The van der Waals surface area contributed by atoms with Gasteiger partial charge in [-0.15, -0.1) is 11.8 Å². The van der Waals surface area contributed by atoms with Crippen LogP contribution in [0.25, 0.3) is 0 Å². The van der Waals surface area contributed by atoms with E-state index in [1.165, 1.54) is 17.3 Å². The van der Waals surface area contributed by atoms with Crippen LogP contribution in [0.5, 0.6) is 0 Å². The Kier molecular flexibility index (Phi) is 4.07. The van der Waals surface area contributed by atoms with E-state index in [0.717, 1.165) is 0 Å². The van der Waals surface area contributed by atoms with Gasteiger partial charge in [0.05, 0.1) is 5.55 Å². The maximum Gasteiger partial charge on any atom is 0.199 e. The highest BCUT2D eigenvalue weighted by Gasteiger charge is 1.80. The molecule has 0 radical (unpaired) electrons. The molecular formula is C3H8N2OS. The first kappa shape index (κ1) is 6.94. The number of rotatable bonds is 2. The summed E-state index contributed by atoms with van der Waals surface area (Å²) in [6.07, 6.45) is 0.791. The van der Waals surface area contributed by atoms with Gasteiger partial charge in [-0.05, 0) is 6.26 Å². The van der Waals surface area contributed by atoms with Gasteiger partial charge < -0.3 is 5.11 Å². The molecule has 0 aromatic rings. The standard InChI is InChI=1S/C3H8N2OS/c1-7-2-5-3(4)6/h2-3,6H,4H2,1H3. The molecule has 0 aliphatic heterocycles. The van der Waals surface area contributed by atoms with Crippen molar-refractivity contribution >= 4 is 17.3 Å². The second-order valence-electron chi connectivity index (χ2n) is 0.904. The van der Waals surface area contributed by atoms with E-state index < -0.39 is 6.35 Å². The Morgan fingerprint density at radius 3 is 2.71 bits per heavy atom. The maximum absolute atomic E-state index is 8.25. The summed E-state index contributed by atoms with van der Waals surface area (Å²) in [6.45, 7) is 0. The number of aliphatic hydroxyl groups excluding tert-OH is 1. The number of aliphatic hydroxyl groups is 1. The van der Waals surface area contributed by atoms with Crippen molar-refractivity contribution in [2.24, 2.45) is 10.7 Å². The molecule has 1 atom stereocenters. The van der Waals surface area contributed by atoms with E-state index in [-0.39, 0.29) is 0 Å². The maximum atomic E-state index is 8.25. The molecule has 0 fully saturated rings. The average molecular weight is 120 g/mol. The monoisotopic (exact) mass is 120 g/mol. The van der Waals surface area contributed by atoms with E-state index in [0.29, 0.717) is 0 Å². The Morgan fingerprint density at radius 1 is 2.00 bits per heavy atom. The number of nitrogens with zero attached hydrogens (tertiary/aromatic N) is 1. The minimum Gasteiger partial charge on any atom is -0.360 e. The molecule has 0 bridgehead atoms. The Hall–Kier alpha value is -0.0600. The average Bonchev–Trinajstić information content (AvgIpc) is 1.61. The Bertz CT molecular complexity index is 64.0. The fraction of sp³-hybridized carbons (Fsp3) is 0.667. The predicted molar refractivity (Wildman–Crippen MR) is 32.2 cm³/mol. The highest BCUT2D eigenvalue weighted by molar-refractivity contribution is 8.11. The van der Waals surface area contributed by atoms with Crippen LogP contribution in [0, 0.1) is 0 Å². The quantitative estimate of drug-likeness (QED) is 0.296. The third-order valence-corrected chi connectivity index (χ3v) is 0.652. The molecule has 0 rings (SSSR count). The minimum absolute atomic E-state index is 1.05. The lowest BCUT2D eigenvalue weighted by Gasteiger charge is -1.89. The second-order valence-corrected chi connectivity index (χ2v) is 1.59. The molecule has 0 saturated heterocycles. The summed E-state index contributed by atoms with van der Waals surface area (Å²) < 4.78 is 0. The lowest BCUT2D eigenvalue weighted by molar-refractivity contribution is 0.194. The van der Waals surface area contributed by atoms with Crippen LogP contribution in [0.2, 0.25) is 0 Å². The van der Waals surface area contributed by atoms with Gasteiger partial charge in [-0.2, -0.15) is 0 Å². The Balaban J connectivity index is 3.08. The summed E-state index contributed by atoms with van der Waals surface area (Å²) in [7, 11) is 0. The fourth-order valence-electron chi connectivity index (χ4n) is 0.123. The largest absolute Gasteiger partial charge is 0.360 e. The highest BCUT2D eigenvalue weighted by atomic mass is 32.2. The van der Waals surface area contributed by atoms with Gasteiger partial charge in [-0.1, -0.05) is 0 Å². The zero-order chi connectivity index (χ0) is 5.70. The van der Waals surface area contributed by atoms with E-state index >= 15 is 0 Å². The van der Waals surface area contributed by atoms with Crippen molar-refractivity contribution in [1.82, 2.24) is 0 Å². The zero-order valence-electron chi connectivity index (χ0n) is 4.03. The van der Waals surface area contributed by atoms with Crippen LogP contribution in [0.15, 0.2) is 4.99 Å². The third-order valence-electron chi connectivity index (χ3n) is 0.319. The topological polar surface area (TPSA) is 58.6 Å². The van der Waals surface area contributed by atoms with Gasteiger partial charge >= 0.3 is 0 Å². The van der Waals surface area contributed by atoms with E-state index in [9.17, 15) is 0 Å². The van der Waals surface area contributed by atoms with Gasteiger partial charge in [-0.3, -0.25) is 5.73 Å². The van der Waals surface area contributed by atoms with Gasteiger partial charge in [0, 0.05) is 0 Å². The third kappa shape index (κ3) is 5.94. The zero-order valence-corrected chi connectivity index (χ0v) is 4.85. The number of hydrogen-bond acceptors (Lipinski definition) is 4. The summed E-state index contributed by atoms with van der Waals surface area (Å²) in [5, 5.41) is 8.25. The molecule has 3 N–H and O–H groups in total. The lowest BCUT2D eigenvalue weighted by Crippen LogP contribution is -2.14. The molecule has 0 saturated carbocycles. The molecule has 7 heavy (non-hydrogen) atoms. The molecule has 0 aromatic heterocycles. The van der Waals surface area contributed by atoms with Crippen LogP contribution in [-0.4, -0.2) is 23.3 Å². The summed E-state index contributed by atoms with van der Waals surface area (Å²) in [5.74, 6) is 0. The number of aliphatic imine (C=N–C) groups is 1. The first-order valence-corrected chi connectivity index (χ1v) is 3.04. The molecular weight excluding hydrogens is 112 g/mol. The van der Waals surface area contributed by atoms with Gasteiger partial charge in [-0.25, -0.2) is 4.99 Å². The van der Waals surface area contributed by atoms with Crippen LogP contribution in [0.4, 0.5) is 0 Å². The van der Waals surface area contributed by atoms with Crippen LogP contribution >= 0.6 is 11.8 Å². The molecule has 0 aromatic carbocycles. The summed E-state index contributed by atoms with van der Waals surface area (Å²) >= 11 is 1.40. The van der Waals surface area contributed by atoms with Crippen molar-refractivity contribution in [2.45, 2.75) is 6.35 Å². The van der Waals surface area contributed by atoms with Crippen molar-refractivity contribution < 1.29 is 5.11 Å². The van der Waals surface area contributed by atoms with Gasteiger partial charge in [0.2, 0.25) is 0 Å². The minimum atomic E-state index is -1.05. The van der Waals surface area contributed by atoms with Crippen LogP contribution in [0.3, 0.4) is 0 Å². The molecule has 0 aliphatic carbocycles. The van der Waals surface area contributed by atoms with E-state index in [1.54, 1.807) is 0 Å². The van der Waals surface area contributed by atoms with Gasteiger partial charge in [0.15, 0.2) is 6.35 Å². The highest BCUT2D eigenvalue weighted by Crippen LogP contribution is 1.82. The first-order valence-electron chi connectivity index (χ1n) is 1.75. The summed E-state index contributed by atoms with van der Waals surface area (Å²) in [5.41, 5.74) is 6.31. The molecule has 0 amide bonds. The van der Waals surface area contributed by atoms with E-state index in [4.69, 9.17) is 10.8 Å². The van der Waals surface area contributed by atoms with Gasteiger partial charge in [0.25, 0.3) is 0 Å². The Morgan fingerprint density at radius 2 is 2.57 bits per heavy atom. The van der Waals surface area contributed by atoms with Crippen molar-refractivity contribution in [3.8, 4) is 0 Å².